The third kappa shape index (κ3) is 6.36. The van der Waals surface area contributed by atoms with Crippen LogP contribution in [0.25, 0.3) is 0 Å². The molecular formula is C15H20N2O5. The fraction of sp³-hybridized carbons (Fsp3) is 0.400. The van der Waals surface area contributed by atoms with Crippen LogP contribution in [0.2, 0.25) is 0 Å². The number of anilines is 1. The fourth-order valence-corrected chi connectivity index (χ4v) is 1.68. The molecule has 7 heteroatoms. The Morgan fingerprint density at radius 1 is 1.18 bits per heavy atom. The molecule has 0 aliphatic heterocycles. The minimum absolute atomic E-state index is 0.535. The number of nitrogens with one attached hydrogen (secondary N) is 1. The second kappa shape index (κ2) is 8.78. The van der Waals surface area contributed by atoms with Crippen LogP contribution in [0, 0.1) is 0 Å². The first-order valence-corrected chi connectivity index (χ1v) is 6.77. The molecule has 0 bridgehead atoms. The predicted octanol–water partition coefficient (Wildman–Crippen LogP) is 1.33. The van der Waals surface area contributed by atoms with Crippen LogP contribution in [0.1, 0.15) is 20.8 Å². The highest BCUT2D eigenvalue weighted by atomic mass is 16.6. The van der Waals surface area contributed by atoms with Crippen LogP contribution >= 0.6 is 0 Å². The molecule has 1 rings (SSSR count). The Morgan fingerprint density at radius 2 is 1.77 bits per heavy atom. The predicted molar refractivity (Wildman–Crippen MR) is 81.3 cm³/mol. The van der Waals surface area contributed by atoms with Gasteiger partial charge >= 0.3 is 11.9 Å². The third-order valence-electron chi connectivity index (χ3n) is 2.66. The Bertz CT molecular complexity index is 518. The van der Waals surface area contributed by atoms with Crippen molar-refractivity contribution in [2.45, 2.75) is 39.1 Å². The van der Waals surface area contributed by atoms with E-state index in [0.717, 1.165) is 5.69 Å². The highest BCUT2D eigenvalue weighted by molar-refractivity contribution is 5.73. The molecule has 0 aliphatic carbocycles. The Morgan fingerprint density at radius 3 is 2.32 bits per heavy atom. The van der Waals surface area contributed by atoms with Crippen LogP contribution in [0.3, 0.4) is 0 Å². The number of esters is 2. The zero-order valence-electron chi connectivity index (χ0n) is 12.7. The van der Waals surface area contributed by atoms with E-state index in [2.05, 4.69) is 10.5 Å². The number of carbonyl (C=O) groups is 2. The normalized spacial score (nSPS) is 14.9. The molecule has 1 aromatic carbocycles. The van der Waals surface area contributed by atoms with Gasteiger partial charge in [0.25, 0.3) is 0 Å². The lowest BCUT2D eigenvalue weighted by atomic mass is 10.1. The average molecular weight is 308 g/mol. The minimum atomic E-state index is -1.23. The van der Waals surface area contributed by atoms with E-state index in [1.165, 1.54) is 27.0 Å². The number of aliphatic hydroxyl groups excluding tert-OH is 1. The maximum absolute atomic E-state index is 11.1. The number of hydrogen-bond donors (Lipinski definition) is 2. The summed E-state index contributed by atoms with van der Waals surface area (Å²) in [6, 6.07) is 9.13. The van der Waals surface area contributed by atoms with Crippen molar-refractivity contribution in [2.75, 3.05) is 5.43 Å². The topological polar surface area (TPSA) is 97.2 Å². The molecule has 0 amide bonds. The van der Waals surface area contributed by atoms with E-state index in [-0.39, 0.29) is 0 Å². The second-order valence-corrected chi connectivity index (χ2v) is 4.64. The summed E-state index contributed by atoms with van der Waals surface area (Å²) < 4.78 is 9.86. The smallest absolute Gasteiger partial charge is 0.303 e. The van der Waals surface area contributed by atoms with Gasteiger partial charge in [0.2, 0.25) is 0 Å². The van der Waals surface area contributed by atoms with E-state index >= 15 is 0 Å². The summed E-state index contributed by atoms with van der Waals surface area (Å²) in [6.45, 7) is 3.95. The van der Waals surface area contributed by atoms with Gasteiger partial charge in [0.05, 0.1) is 11.9 Å². The van der Waals surface area contributed by atoms with Crippen molar-refractivity contribution in [3.05, 3.63) is 30.3 Å². The van der Waals surface area contributed by atoms with Crippen molar-refractivity contribution in [1.29, 1.82) is 0 Å². The van der Waals surface area contributed by atoms with Crippen LogP contribution < -0.4 is 5.43 Å². The highest BCUT2D eigenvalue weighted by Gasteiger charge is 2.28. The van der Waals surface area contributed by atoms with Gasteiger partial charge in [0.15, 0.2) is 6.10 Å². The summed E-state index contributed by atoms with van der Waals surface area (Å²) >= 11 is 0. The molecule has 0 saturated carbocycles. The molecule has 0 heterocycles. The van der Waals surface area contributed by atoms with Crippen LogP contribution in [-0.4, -0.2) is 41.6 Å². The van der Waals surface area contributed by atoms with Crippen LogP contribution in [0.15, 0.2) is 35.4 Å². The van der Waals surface area contributed by atoms with Crippen molar-refractivity contribution in [1.82, 2.24) is 0 Å². The Balaban J connectivity index is 2.70. The van der Waals surface area contributed by atoms with E-state index in [9.17, 15) is 14.7 Å². The summed E-state index contributed by atoms with van der Waals surface area (Å²) in [5.41, 5.74) is 3.48. The molecule has 0 fully saturated rings. The summed E-state index contributed by atoms with van der Waals surface area (Å²) in [5, 5.41) is 14.0. The zero-order valence-corrected chi connectivity index (χ0v) is 12.7. The number of hydrazone groups is 1. The highest BCUT2D eigenvalue weighted by Crippen LogP contribution is 2.09. The van der Waals surface area contributed by atoms with E-state index in [0.29, 0.717) is 0 Å². The zero-order chi connectivity index (χ0) is 16.5. The molecule has 0 spiro atoms. The number of rotatable bonds is 7. The number of aliphatic hydroxyl groups is 1. The molecule has 120 valence electrons. The van der Waals surface area contributed by atoms with Gasteiger partial charge in [-0.25, -0.2) is 0 Å². The van der Waals surface area contributed by atoms with Gasteiger partial charge in [0, 0.05) is 13.8 Å². The minimum Gasteiger partial charge on any atom is -0.460 e. The summed E-state index contributed by atoms with van der Waals surface area (Å²) in [6.07, 6.45) is -1.86. The lowest BCUT2D eigenvalue weighted by Gasteiger charge is -2.24. The van der Waals surface area contributed by atoms with E-state index in [1.807, 2.05) is 18.2 Å². The monoisotopic (exact) mass is 308 g/mol. The Hall–Kier alpha value is -2.41. The van der Waals surface area contributed by atoms with Crippen LogP contribution in [0.4, 0.5) is 5.69 Å². The second-order valence-electron chi connectivity index (χ2n) is 4.64. The van der Waals surface area contributed by atoms with Gasteiger partial charge in [-0.05, 0) is 19.1 Å². The number of benzene rings is 1. The maximum Gasteiger partial charge on any atom is 0.303 e. The van der Waals surface area contributed by atoms with Gasteiger partial charge in [-0.15, -0.1) is 0 Å². The first-order chi connectivity index (χ1) is 10.4. The first-order valence-electron chi connectivity index (χ1n) is 6.77. The molecule has 2 N–H and O–H groups in total. The van der Waals surface area contributed by atoms with Crippen molar-refractivity contribution in [3.8, 4) is 0 Å². The van der Waals surface area contributed by atoms with Crippen molar-refractivity contribution < 1.29 is 24.2 Å². The first kappa shape index (κ1) is 17.6. The molecule has 7 nitrogen and oxygen atoms in total. The largest absolute Gasteiger partial charge is 0.460 e. The number of carbonyl (C=O) groups excluding carboxylic acids is 2. The van der Waals surface area contributed by atoms with Crippen LogP contribution in [0.5, 0.6) is 0 Å². The Kier molecular flexibility index (Phi) is 7.04. The molecule has 22 heavy (non-hydrogen) atoms. The summed E-state index contributed by atoms with van der Waals surface area (Å²) in [4.78, 5) is 22.0. The van der Waals surface area contributed by atoms with Gasteiger partial charge in [0.1, 0.15) is 12.2 Å². The van der Waals surface area contributed by atoms with Crippen molar-refractivity contribution >= 4 is 23.8 Å². The van der Waals surface area contributed by atoms with E-state index < -0.39 is 30.3 Å². The number of nitrogens with zero attached hydrogens (tertiary/aromatic N) is 1. The molecule has 3 atom stereocenters. The lowest BCUT2D eigenvalue weighted by molar-refractivity contribution is -0.160. The van der Waals surface area contributed by atoms with Gasteiger partial charge in [-0.1, -0.05) is 18.2 Å². The Labute approximate surface area is 128 Å². The lowest BCUT2D eigenvalue weighted by Crippen LogP contribution is -2.41. The van der Waals surface area contributed by atoms with Gasteiger partial charge in [-0.2, -0.15) is 5.10 Å². The van der Waals surface area contributed by atoms with Crippen molar-refractivity contribution in [3.63, 3.8) is 0 Å². The molecule has 0 aromatic heterocycles. The molecule has 0 saturated heterocycles. The van der Waals surface area contributed by atoms with E-state index in [1.54, 1.807) is 12.1 Å². The quantitative estimate of drug-likeness (QED) is 0.448. The average Bonchev–Trinajstić information content (AvgIpc) is 2.45. The molecule has 0 unspecified atom stereocenters. The molecule has 0 aliphatic rings. The molecular weight excluding hydrogens is 288 g/mol. The number of hydrogen-bond acceptors (Lipinski definition) is 7. The molecule has 1 aromatic rings. The van der Waals surface area contributed by atoms with Gasteiger partial charge < -0.3 is 14.6 Å². The SMILES string of the molecule is CC(=O)O[C@@H](C)[C@H](O)[C@@H](/C=N\Nc1ccccc1)OC(C)=O. The van der Waals surface area contributed by atoms with E-state index in [4.69, 9.17) is 9.47 Å². The third-order valence-corrected chi connectivity index (χ3v) is 2.66. The number of para-hydroxylation sites is 1. The number of ether oxygens (including phenoxy) is 2. The standard InChI is InChI=1S/C15H20N2O5/c1-10(21-11(2)18)15(20)14(22-12(3)19)9-16-17-13-7-5-4-6-8-13/h4-10,14-15,17,20H,1-3H3/b16-9-/t10-,14+,15-/m0/s1. The van der Waals surface area contributed by atoms with Crippen molar-refractivity contribution in [2.24, 2.45) is 5.10 Å². The molecule has 0 radical (unpaired) electrons. The van der Waals surface area contributed by atoms with Gasteiger partial charge in [-0.3, -0.25) is 15.0 Å². The fourth-order valence-electron chi connectivity index (χ4n) is 1.68. The maximum atomic E-state index is 11.1. The van der Waals surface area contributed by atoms with Crippen LogP contribution in [-0.2, 0) is 19.1 Å². The summed E-state index contributed by atoms with van der Waals surface area (Å²) in [5.74, 6) is -1.11. The summed E-state index contributed by atoms with van der Waals surface area (Å²) in [7, 11) is 0.